The van der Waals surface area contributed by atoms with Gasteiger partial charge < -0.3 is 14.7 Å². The summed E-state index contributed by atoms with van der Waals surface area (Å²) >= 11 is 0. The van der Waals surface area contributed by atoms with E-state index in [1.54, 1.807) is 0 Å². The topological polar surface area (TPSA) is 73.3 Å². The molecule has 7 nitrogen and oxygen atoms in total. The lowest BCUT2D eigenvalue weighted by Gasteiger charge is -2.33. The molecule has 0 aliphatic carbocycles. The number of hydrogen-bond acceptors (Lipinski definition) is 5. The smallest absolute Gasteiger partial charge is 0.317 e. The van der Waals surface area contributed by atoms with Gasteiger partial charge >= 0.3 is 5.97 Å². The Morgan fingerprint density at radius 1 is 1.10 bits per heavy atom. The summed E-state index contributed by atoms with van der Waals surface area (Å²) in [6.07, 6.45) is 0.897. The van der Waals surface area contributed by atoms with Crippen LogP contribution in [0.5, 0.6) is 0 Å². The number of amides is 1. The van der Waals surface area contributed by atoms with E-state index in [-0.39, 0.29) is 18.5 Å². The lowest BCUT2D eigenvalue weighted by atomic mass is 10.2. The average Bonchev–Trinajstić information content (AvgIpc) is 2.71. The van der Waals surface area contributed by atoms with Crippen molar-refractivity contribution in [1.29, 1.82) is 0 Å². The molecule has 0 spiro atoms. The van der Waals surface area contributed by atoms with Crippen LogP contribution in [0.3, 0.4) is 0 Å². The normalized spacial score (nSPS) is 23.6. The van der Waals surface area contributed by atoms with E-state index >= 15 is 0 Å². The Morgan fingerprint density at radius 2 is 1.81 bits per heavy atom. The number of carbonyl (C=O) groups is 2. The Labute approximate surface area is 125 Å². The Hall–Kier alpha value is -1.18. The maximum atomic E-state index is 12.5. The van der Waals surface area contributed by atoms with Gasteiger partial charge in [-0.05, 0) is 13.3 Å². The van der Waals surface area contributed by atoms with Crippen molar-refractivity contribution in [3.63, 3.8) is 0 Å². The molecular formula is C14H25N3O4. The summed E-state index contributed by atoms with van der Waals surface area (Å²) < 4.78 is 5.28. The third-order valence-electron chi connectivity index (χ3n) is 4.21. The van der Waals surface area contributed by atoms with Gasteiger partial charge in [0.2, 0.25) is 5.91 Å². The van der Waals surface area contributed by atoms with Crippen LogP contribution >= 0.6 is 0 Å². The number of rotatable bonds is 4. The van der Waals surface area contributed by atoms with Gasteiger partial charge in [0.1, 0.15) is 0 Å². The molecule has 2 saturated heterocycles. The number of aliphatic carboxylic acids is 1. The molecule has 2 fully saturated rings. The molecule has 7 heteroatoms. The minimum Gasteiger partial charge on any atom is -0.480 e. The number of carboxylic acid groups (broad SMARTS) is 1. The Morgan fingerprint density at radius 3 is 2.48 bits per heavy atom. The van der Waals surface area contributed by atoms with Crippen LogP contribution in [0.1, 0.15) is 13.3 Å². The first-order valence-corrected chi connectivity index (χ1v) is 7.62. The highest BCUT2D eigenvalue weighted by atomic mass is 16.5. The minimum atomic E-state index is -0.791. The van der Waals surface area contributed by atoms with Crippen LogP contribution < -0.4 is 0 Å². The monoisotopic (exact) mass is 299 g/mol. The van der Waals surface area contributed by atoms with E-state index < -0.39 is 5.97 Å². The minimum absolute atomic E-state index is 0.0830. The van der Waals surface area contributed by atoms with Crippen molar-refractivity contribution in [2.45, 2.75) is 19.4 Å². The number of carbonyl (C=O) groups excluding carboxylic acids is 1. The molecule has 0 aromatic carbocycles. The molecular weight excluding hydrogens is 274 g/mol. The number of hydrogen-bond donors (Lipinski definition) is 1. The summed E-state index contributed by atoms with van der Waals surface area (Å²) in [5, 5.41) is 8.86. The highest BCUT2D eigenvalue weighted by Crippen LogP contribution is 2.10. The van der Waals surface area contributed by atoms with Gasteiger partial charge in [0.15, 0.2) is 0 Å². The predicted molar refractivity (Wildman–Crippen MR) is 77.1 cm³/mol. The molecule has 2 aliphatic heterocycles. The number of morpholine rings is 1. The molecule has 2 heterocycles. The molecule has 0 aromatic heterocycles. The number of nitrogens with zero attached hydrogens (tertiary/aromatic N) is 3. The summed E-state index contributed by atoms with van der Waals surface area (Å²) in [6.45, 7) is 7.66. The van der Waals surface area contributed by atoms with Crippen molar-refractivity contribution in [2.75, 3.05) is 59.0 Å². The molecule has 21 heavy (non-hydrogen) atoms. The first kappa shape index (κ1) is 16.2. The third-order valence-corrected chi connectivity index (χ3v) is 4.21. The van der Waals surface area contributed by atoms with Gasteiger partial charge in [-0.3, -0.25) is 19.4 Å². The Balaban J connectivity index is 1.85. The van der Waals surface area contributed by atoms with E-state index in [2.05, 4.69) is 4.90 Å². The molecule has 2 aliphatic rings. The van der Waals surface area contributed by atoms with Gasteiger partial charge in [0.25, 0.3) is 0 Å². The van der Waals surface area contributed by atoms with Crippen molar-refractivity contribution < 1.29 is 19.4 Å². The first-order valence-electron chi connectivity index (χ1n) is 7.62. The zero-order valence-electron chi connectivity index (χ0n) is 12.7. The van der Waals surface area contributed by atoms with E-state index in [9.17, 15) is 9.59 Å². The average molecular weight is 299 g/mol. The fraction of sp³-hybridized carbons (Fsp3) is 0.857. The summed E-state index contributed by atoms with van der Waals surface area (Å²) in [5.74, 6) is -0.633. The molecule has 1 N–H and O–H groups in total. The molecule has 0 bridgehead atoms. The summed E-state index contributed by atoms with van der Waals surface area (Å²) in [7, 11) is 0. The maximum absolute atomic E-state index is 12.5. The number of ether oxygens (including phenoxy) is 1. The van der Waals surface area contributed by atoms with E-state index in [0.29, 0.717) is 32.8 Å². The second-order valence-electron chi connectivity index (χ2n) is 5.67. The van der Waals surface area contributed by atoms with E-state index in [0.717, 1.165) is 26.1 Å². The van der Waals surface area contributed by atoms with E-state index in [1.165, 1.54) is 0 Å². The molecule has 0 saturated carbocycles. The number of carboxylic acids is 1. The largest absolute Gasteiger partial charge is 0.480 e. The molecule has 1 unspecified atom stereocenters. The summed E-state index contributed by atoms with van der Waals surface area (Å²) in [6, 6.07) is -0.145. The second kappa shape index (κ2) is 7.72. The van der Waals surface area contributed by atoms with Crippen LogP contribution in [0, 0.1) is 0 Å². The molecule has 2 rings (SSSR count). The Bertz CT molecular complexity index is 371. The quantitative estimate of drug-likeness (QED) is 0.742. The zero-order chi connectivity index (χ0) is 15.2. The van der Waals surface area contributed by atoms with Gasteiger partial charge in [-0.15, -0.1) is 0 Å². The highest BCUT2D eigenvalue weighted by molar-refractivity contribution is 5.81. The summed E-state index contributed by atoms with van der Waals surface area (Å²) in [5.41, 5.74) is 0. The van der Waals surface area contributed by atoms with Gasteiger partial charge in [0.05, 0.1) is 25.8 Å². The van der Waals surface area contributed by atoms with Crippen molar-refractivity contribution in [1.82, 2.24) is 14.7 Å². The standard InChI is InChI=1S/C14H25N3O4/c1-12(14(20)17-7-9-21-10-8-17)16-4-2-3-15(5-6-16)11-13(18)19/h12H,2-11H2,1H3,(H,18,19). The molecule has 1 amide bonds. The lowest BCUT2D eigenvalue weighted by Crippen LogP contribution is -2.51. The molecule has 120 valence electrons. The van der Waals surface area contributed by atoms with Crippen LogP contribution in [0.4, 0.5) is 0 Å². The van der Waals surface area contributed by atoms with Gasteiger partial charge in [-0.2, -0.15) is 0 Å². The van der Waals surface area contributed by atoms with Crippen LogP contribution in [0.25, 0.3) is 0 Å². The first-order chi connectivity index (χ1) is 10.1. The van der Waals surface area contributed by atoms with E-state index in [4.69, 9.17) is 9.84 Å². The molecule has 1 atom stereocenters. The highest BCUT2D eigenvalue weighted by Gasteiger charge is 2.28. The third kappa shape index (κ3) is 4.66. The molecule has 0 aromatic rings. The predicted octanol–water partition coefficient (Wildman–Crippen LogP) is -0.674. The maximum Gasteiger partial charge on any atom is 0.317 e. The van der Waals surface area contributed by atoms with Crippen molar-refractivity contribution in [2.24, 2.45) is 0 Å². The van der Waals surface area contributed by atoms with Crippen LogP contribution in [0.2, 0.25) is 0 Å². The fourth-order valence-electron chi connectivity index (χ4n) is 2.93. The fourth-order valence-corrected chi connectivity index (χ4v) is 2.93. The van der Waals surface area contributed by atoms with Gasteiger partial charge in [0, 0.05) is 39.3 Å². The Kier molecular flexibility index (Phi) is 5.96. The van der Waals surface area contributed by atoms with Crippen molar-refractivity contribution >= 4 is 11.9 Å². The molecule has 0 radical (unpaired) electrons. The lowest BCUT2D eigenvalue weighted by molar-refractivity contribution is -0.141. The van der Waals surface area contributed by atoms with Gasteiger partial charge in [-0.1, -0.05) is 0 Å². The SMILES string of the molecule is CC(C(=O)N1CCOCC1)N1CCCN(CC(=O)O)CC1. The van der Waals surface area contributed by atoms with Crippen LogP contribution in [-0.4, -0.2) is 96.8 Å². The van der Waals surface area contributed by atoms with Crippen molar-refractivity contribution in [3.05, 3.63) is 0 Å². The van der Waals surface area contributed by atoms with Crippen molar-refractivity contribution in [3.8, 4) is 0 Å². The van der Waals surface area contributed by atoms with E-state index in [1.807, 2.05) is 16.7 Å². The second-order valence-corrected chi connectivity index (χ2v) is 5.67. The van der Waals surface area contributed by atoms with Crippen LogP contribution in [0.15, 0.2) is 0 Å². The summed E-state index contributed by atoms with van der Waals surface area (Å²) in [4.78, 5) is 29.2. The van der Waals surface area contributed by atoms with Gasteiger partial charge in [-0.25, -0.2) is 0 Å². The van der Waals surface area contributed by atoms with Crippen LogP contribution in [-0.2, 0) is 14.3 Å². The zero-order valence-corrected chi connectivity index (χ0v) is 12.7.